The zero-order valence-corrected chi connectivity index (χ0v) is 12.2. The molecule has 0 atom stereocenters. The lowest BCUT2D eigenvalue weighted by molar-refractivity contribution is 1.02. The number of aryl methyl sites for hydroxylation is 1. The molecule has 0 amide bonds. The van der Waals surface area contributed by atoms with Crippen molar-refractivity contribution in [3.05, 3.63) is 33.6 Å². The van der Waals surface area contributed by atoms with Crippen LogP contribution in [0.1, 0.15) is 31.0 Å². The van der Waals surface area contributed by atoms with Crippen molar-refractivity contribution in [2.24, 2.45) is 0 Å². The van der Waals surface area contributed by atoms with E-state index in [1.54, 1.807) is 6.20 Å². The van der Waals surface area contributed by atoms with Crippen LogP contribution < -0.4 is 10.6 Å². The predicted octanol–water partition coefficient (Wildman–Crippen LogP) is 2.75. The zero-order chi connectivity index (χ0) is 14.1. The highest BCUT2D eigenvalue weighted by Crippen LogP contribution is 2.32. The number of anilines is 1. The van der Waals surface area contributed by atoms with Gasteiger partial charge in [0.1, 0.15) is 11.6 Å². The van der Waals surface area contributed by atoms with Crippen molar-refractivity contribution >= 4 is 23.3 Å². The first-order valence-electron chi connectivity index (χ1n) is 6.52. The Bertz CT molecular complexity index is 652. The number of nitrogens with one attached hydrogen (secondary N) is 2. The van der Waals surface area contributed by atoms with E-state index in [2.05, 4.69) is 26.7 Å². The van der Waals surface area contributed by atoms with Crippen LogP contribution in [-0.2, 0) is 0 Å². The molecule has 1 aromatic heterocycles. The minimum absolute atomic E-state index is 0.492. The third-order valence-corrected chi connectivity index (χ3v) is 4.14. The summed E-state index contributed by atoms with van der Waals surface area (Å²) in [6.45, 7) is 3.90. The Morgan fingerprint density at radius 1 is 1.50 bits per heavy atom. The minimum Gasteiger partial charge on any atom is -0.352 e. The largest absolute Gasteiger partial charge is 0.352 e. The molecule has 1 saturated carbocycles. The molecule has 20 heavy (non-hydrogen) atoms. The van der Waals surface area contributed by atoms with Crippen molar-refractivity contribution in [3.8, 4) is 6.07 Å². The van der Waals surface area contributed by atoms with Crippen LogP contribution in [0.25, 0.3) is 5.57 Å². The first kappa shape index (κ1) is 13.0. The van der Waals surface area contributed by atoms with Crippen molar-refractivity contribution in [1.29, 1.82) is 5.26 Å². The molecule has 0 unspecified atom stereocenters. The summed E-state index contributed by atoms with van der Waals surface area (Å²) < 4.78 is 0. The van der Waals surface area contributed by atoms with Gasteiger partial charge in [0.05, 0.1) is 10.7 Å². The second-order valence-electron chi connectivity index (χ2n) is 5.00. The van der Waals surface area contributed by atoms with Gasteiger partial charge in [-0.05, 0) is 37.7 Å². The number of thioether (sulfide) groups is 1. The molecule has 3 rings (SSSR count). The molecule has 2 aliphatic rings. The van der Waals surface area contributed by atoms with Gasteiger partial charge in [-0.25, -0.2) is 9.97 Å². The maximum atomic E-state index is 9.47. The van der Waals surface area contributed by atoms with E-state index in [1.807, 2.05) is 19.3 Å². The van der Waals surface area contributed by atoms with Gasteiger partial charge in [-0.1, -0.05) is 11.8 Å². The van der Waals surface area contributed by atoms with Crippen molar-refractivity contribution in [3.63, 3.8) is 0 Å². The van der Waals surface area contributed by atoms with Crippen molar-refractivity contribution in [2.75, 3.05) is 5.32 Å². The second kappa shape index (κ2) is 5.17. The van der Waals surface area contributed by atoms with Gasteiger partial charge < -0.3 is 10.6 Å². The zero-order valence-electron chi connectivity index (χ0n) is 11.4. The second-order valence-corrected chi connectivity index (χ2v) is 5.88. The Hall–Kier alpha value is -2.00. The van der Waals surface area contributed by atoms with Gasteiger partial charge >= 0.3 is 0 Å². The molecule has 1 aliphatic heterocycles. The van der Waals surface area contributed by atoms with E-state index in [0.717, 1.165) is 16.3 Å². The molecule has 0 spiro atoms. The van der Waals surface area contributed by atoms with Gasteiger partial charge in [0.15, 0.2) is 0 Å². The molecule has 2 heterocycles. The number of aromatic nitrogens is 2. The molecule has 0 radical (unpaired) electrons. The first-order chi connectivity index (χ1) is 9.67. The average Bonchev–Trinajstić information content (AvgIpc) is 3.15. The van der Waals surface area contributed by atoms with Gasteiger partial charge in [0.25, 0.3) is 0 Å². The molecule has 1 aromatic rings. The van der Waals surface area contributed by atoms with E-state index in [4.69, 9.17) is 0 Å². The van der Waals surface area contributed by atoms with E-state index < -0.39 is 0 Å². The molecule has 102 valence electrons. The summed E-state index contributed by atoms with van der Waals surface area (Å²) in [6.07, 6.45) is 4.10. The number of nitrogens with zero attached hydrogens (tertiary/aromatic N) is 3. The Balaban J connectivity index is 1.96. The minimum atomic E-state index is 0.492. The van der Waals surface area contributed by atoms with Crippen molar-refractivity contribution < 1.29 is 0 Å². The quantitative estimate of drug-likeness (QED) is 0.832. The molecule has 0 aromatic carbocycles. The third-order valence-electron chi connectivity index (χ3n) is 3.12. The van der Waals surface area contributed by atoms with Gasteiger partial charge in [-0.15, -0.1) is 0 Å². The van der Waals surface area contributed by atoms with E-state index >= 15 is 0 Å². The van der Waals surface area contributed by atoms with Crippen LogP contribution in [0.4, 0.5) is 5.95 Å². The lowest BCUT2D eigenvalue weighted by Crippen LogP contribution is -2.10. The predicted molar refractivity (Wildman–Crippen MR) is 80.4 cm³/mol. The smallest absolute Gasteiger partial charge is 0.223 e. The summed E-state index contributed by atoms with van der Waals surface area (Å²) in [7, 11) is 0. The summed E-state index contributed by atoms with van der Waals surface area (Å²) in [6, 6.07) is 2.76. The van der Waals surface area contributed by atoms with E-state index in [9.17, 15) is 5.26 Å². The molecule has 1 fully saturated rings. The fourth-order valence-electron chi connectivity index (χ4n) is 1.89. The maximum absolute atomic E-state index is 9.47. The highest BCUT2D eigenvalue weighted by atomic mass is 32.2. The Labute approximate surface area is 122 Å². The lowest BCUT2D eigenvalue weighted by Gasteiger charge is -2.09. The van der Waals surface area contributed by atoms with Crippen LogP contribution in [-0.4, -0.2) is 16.0 Å². The first-order valence-corrected chi connectivity index (χ1v) is 7.40. The number of hydrogen-bond donors (Lipinski definition) is 2. The Kier molecular flexibility index (Phi) is 3.36. The standard InChI is InChI=1S/C14H15N5S/c1-8-6-16-14(18-10-3-4-10)19-12(8)11(5-15)13-17-9(2)7-20-13/h6-7,10,17H,3-4H2,1-2H3,(H,16,18,19)/b13-11-. The molecule has 2 N–H and O–H groups in total. The van der Waals surface area contributed by atoms with E-state index in [0.29, 0.717) is 23.3 Å². The molecular formula is C14H15N5S. The number of hydrogen-bond acceptors (Lipinski definition) is 6. The van der Waals surface area contributed by atoms with Crippen LogP contribution in [0.5, 0.6) is 0 Å². The lowest BCUT2D eigenvalue weighted by atomic mass is 10.1. The molecule has 0 saturated heterocycles. The summed E-state index contributed by atoms with van der Waals surface area (Å²) in [5.41, 5.74) is 3.22. The Morgan fingerprint density at radius 2 is 2.30 bits per heavy atom. The normalized spacial score (nSPS) is 19.9. The molecule has 0 bridgehead atoms. The summed E-state index contributed by atoms with van der Waals surface area (Å²) in [5.74, 6) is 0.606. The number of rotatable bonds is 3. The van der Waals surface area contributed by atoms with E-state index in [-0.39, 0.29) is 0 Å². The van der Waals surface area contributed by atoms with Gasteiger partial charge in [-0.3, -0.25) is 0 Å². The summed E-state index contributed by atoms with van der Waals surface area (Å²) in [5, 5.41) is 18.8. The summed E-state index contributed by atoms with van der Waals surface area (Å²) in [4.78, 5) is 8.80. The van der Waals surface area contributed by atoms with Crippen LogP contribution in [0, 0.1) is 18.3 Å². The number of allylic oxidation sites excluding steroid dienone is 2. The van der Waals surface area contributed by atoms with Crippen LogP contribution in [0.2, 0.25) is 0 Å². The molecule has 5 nitrogen and oxygen atoms in total. The Morgan fingerprint density at radius 3 is 2.90 bits per heavy atom. The highest BCUT2D eigenvalue weighted by molar-refractivity contribution is 8.06. The summed E-state index contributed by atoms with van der Waals surface area (Å²) >= 11 is 1.52. The van der Waals surface area contributed by atoms with Crippen molar-refractivity contribution in [1.82, 2.24) is 15.3 Å². The maximum Gasteiger partial charge on any atom is 0.223 e. The van der Waals surface area contributed by atoms with Gasteiger partial charge in [0.2, 0.25) is 5.95 Å². The topological polar surface area (TPSA) is 73.6 Å². The SMILES string of the molecule is CC1=CS/C(=C(/C#N)c2nc(NC3CC3)ncc2C)N1. The van der Waals surface area contributed by atoms with Gasteiger partial charge in [-0.2, -0.15) is 5.26 Å². The van der Waals surface area contributed by atoms with Gasteiger partial charge in [0, 0.05) is 17.9 Å². The van der Waals surface area contributed by atoms with Crippen molar-refractivity contribution in [2.45, 2.75) is 32.7 Å². The average molecular weight is 285 g/mol. The monoisotopic (exact) mass is 285 g/mol. The van der Waals surface area contributed by atoms with E-state index in [1.165, 1.54) is 24.6 Å². The third kappa shape index (κ3) is 2.63. The van der Waals surface area contributed by atoms with Crippen LogP contribution in [0.15, 0.2) is 22.3 Å². The van der Waals surface area contributed by atoms with Crippen LogP contribution >= 0.6 is 11.8 Å². The highest BCUT2D eigenvalue weighted by Gasteiger charge is 2.23. The molecular weight excluding hydrogens is 270 g/mol. The van der Waals surface area contributed by atoms with Crippen LogP contribution in [0.3, 0.4) is 0 Å². The molecule has 6 heteroatoms. The fraction of sp³-hybridized carbons (Fsp3) is 0.357. The molecule has 1 aliphatic carbocycles. The fourth-order valence-corrected chi connectivity index (χ4v) is 2.73. The number of nitriles is 1.